The van der Waals surface area contributed by atoms with Crippen molar-refractivity contribution < 1.29 is 28.9 Å². The summed E-state index contributed by atoms with van der Waals surface area (Å²) in [6.45, 7) is 0. The van der Waals surface area contributed by atoms with Gasteiger partial charge >= 0.3 is 0 Å². The average Bonchev–Trinajstić information content (AvgIpc) is 2.12. The predicted molar refractivity (Wildman–Crippen MR) is 22.4 cm³/mol. The van der Waals surface area contributed by atoms with Crippen molar-refractivity contribution >= 4 is 0 Å². The predicted octanol–water partition coefficient (Wildman–Crippen LogP) is -5.13. The number of aromatic nitrogens is 3. The lowest BCUT2D eigenvalue weighted by atomic mass is 11.3. The third-order valence-electron chi connectivity index (χ3n) is 0.437. The van der Waals surface area contributed by atoms with E-state index in [0.29, 0.717) is 0 Å². The van der Waals surface area contributed by atoms with Gasteiger partial charge in [0, 0.05) is 0 Å². The van der Waals surface area contributed by atoms with Gasteiger partial charge in [0.15, 0.2) is 0 Å². The first-order valence-electron chi connectivity index (χ1n) is 2.12. The van der Waals surface area contributed by atoms with Crippen LogP contribution in [0.5, 0.6) is 0 Å². The van der Waals surface area contributed by atoms with Crippen LogP contribution in [0.3, 0.4) is 0 Å². The van der Waals surface area contributed by atoms with Gasteiger partial charge in [-0.3, -0.25) is 0 Å². The number of nitrogen functional groups attached to an aromatic ring is 1. The zero-order valence-electron chi connectivity index (χ0n) is 5.12. The summed E-state index contributed by atoms with van der Waals surface area (Å²) in [6.07, 6.45) is 2.83. The number of hydrogen-bond donors (Lipinski definition) is 2. The van der Waals surface area contributed by atoms with Gasteiger partial charge in [-0.2, -0.15) is 14.0 Å². The van der Waals surface area contributed by atoms with E-state index in [1.165, 1.54) is 17.3 Å². The van der Waals surface area contributed by atoms with Gasteiger partial charge in [0.1, 0.15) is 12.7 Å². The molecule has 0 unspecified atom stereocenters. The third kappa shape index (κ3) is 12.3. The van der Waals surface area contributed by atoms with E-state index >= 15 is 0 Å². The van der Waals surface area contributed by atoms with E-state index in [1.54, 1.807) is 0 Å². The highest BCUT2D eigenvalue weighted by atomic mass is 35.7. The molecule has 0 radical (unpaired) electrons. The quantitative estimate of drug-likeness (QED) is 0.383. The van der Waals surface area contributed by atoms with Crippen LogP contribution in [0.1, 0.15) is 0 Å². The minimum absolute atomic E-state index is 1.28. The number of nitrogens with zero attached hydrogens (tertiary/aromatic N) is 3. The highest BCUT2D eigenvalue weighted by Gasteiger charge is 1.98. The van der Waals surface area contributed by atoms with Gasteiger partial charge in [-0.1, -0.05) is 0 Å². The molecule has 1 rings (SSSR count). The fourth-order valence-corrected chi connectivity index (χ4v) is 0.209. The van der Waals surface area contributed by atoms with Crippen molar-refractivity contribution in [3.63, 3.8) is 0 Å². The van der Waals surface area contributed by atoms with Gasteiger partial charge in [-0.05, 0) is 0 Å². The van der Waals surface area contributed by atoms with Gasteiger partial charge in [0.05, 0.1) is 14.9 Å². The molecule has 0 aromatic carbocycles. The van der Waals surface area contributed by atoms with Crippen LogP contribution in [0.15, 0.2) is 12.7 Å². The van der Waals surface area contributed by atoms with Crippen molar-refractivity contribution in [2.45, 2.75) is 0 Å². The number of hydrogen-bond acceptors (Lipinski definition) is 7. The first kappa shape index (κ1) is 10.1. The van der Waals surface area contributed by atoms with E-state index in [1.807, 2.05) is 0 Å². The molecule has 11 heavy (non-hydrogen) atoms. The molecule has 0 aliphatic heterocycles. The minimum Gasteiger partial charge on any atom is -0.337 e. The van der Waals surface area contributed by atoms with Gasteiger partial charge in [-0.15, -0.1) is 10.2 Å². The van der Waals surface area contributed by atoms with Gasteiger partial charge < -0.3 is 5.84 Å². The van der Waals surface area contributed by atoms with E-state index in [2.05, 4.69) is 10.2 Å². The first-order chi connectivity index (χ1) is 4.89. The molecule has 0 saturated carbocycles. The Morgan fingerprint density at radius 3 is 1.64 bits per heavy atom. The normalized spacial score (nSPS) is 10.2. The molecule has 9 heteroatoms. The van der Waals surface area contributed by atoms with Crippen LogP contribution in [0.25, 0.3) is 0 Å². The Bertz CT molecular complexity index is 176. The topological polar surface area (TPSA) is 146 Å². The van der Waals surface area contributed by atoms with Crippen LogP contribution < -0.4 is 19.8 Å². The number of nitrogens with two attached hydrogens (primary N) is 1. The zero-order valence-corrected chi connectivity index (χ0v) is 5.88. The lowest BCUT2D eigenvalue weighted by Crippen LogP contribution is -2.58. The van der Waals surface area contributed by atoms with E-state index in [4.69, 9.17) is 24.5 Å². The summed E-state index contributed by atoms with van der Waals surface area (Å²) >= 11 is 0. The molecule has 3 N–H and O–H groups in total. The maximum Gasteiger partial charge on any atom is 0.138 e. The Balaban J connectivity index is 0.000000187. The second-order valence-corrected chi connectivity index (χ2v) is 2.10. The Morgan fingerprint density at radius 2 is 1.55 bits per heavy atom. The molecule has 8 nitrogen and oxygen atoms in total. The summed E-state index contributed by atoms with van der Waals surface area (Å²) in [5.74, 6) is 5.07. The fourth-order valence-electron chi connectivity index (χ4n) is 0.209. The molecule has 0 aliphatic rings. The van der Waals surface area contributed by atoms with E-state index in [9.17, 15) is 0 Å². The van der Waals surface area contributed by atoms with Gasteiger partial charge in [-0.25, -0.2) is 4.68 Å². The molecule has 0 aliphatic carbocycles. The zero-order chi connectivity index (χ0) is 8.91. The Morgan fingerprint density at radius 1 is 1.27 bits per heavy atom. The molecule has 0 atom stereocenters. The molecule has 0 saturated heterocycles. The maximum absolute atomic E-state index is 8.60. The SMILES string of the molecule is Nn1cnnc1.[O-][Cl+3]([O-])([O-])O. The third-order valence-corrected chi connectivity index (χ3v) is 0.437. The molecule has 0 spiro atoms. The number of rotatable bonds is 0. The summed E-state index contributed by atoms with van der Waals surface area (Å²) < 4.78 is 34.0. The van der Waals surface area contributed by atoms with Crippen LogP contribution in [0.2, 0.25) is 0 Å². The van der Waals surface area contributed by atoms with Gasteiger partial charge in [0.2, 0.25) is 0 Å². The molecule has 1 aromatic rings. The van der Waals surface area contributed by atoms with Crippen LogP contribution in [0.4, 0.5) is 0 Å². The van der Waals surface area contributed by atoms with E-state index in [0.717, 1.165) is 0 Å². The maximum atomic E-state index is 8.60. The second kappa shape index (κ2) is 4.05. The molecule has 1 heterocycles. The van der Waals surface area contributed by atoms with E-state index in [-0.39, 0.29) is 0 Å². The standard InChI is InChI=1S/C2H4N4.ClHO4/c3-6-1-4-5-2-6;2-1(3,4)5/h1-2H,3H2;(H,2,3,4,5). The van der Waals surface area contributed by atoms with Crippen molar-refractivity contribution in [1.29, 1.82) is 0 Å². The largest absolute Gasteiger partial charge is 0.337 e. The summed E-state index contributed by atoms with van der Waals surface area (Å²) in [4.78, 5) is 0. The molecule has 64 valence electrons. The van der Waals surface area contributed by atoms with Crippen LogP contribution in [0, 0.1) is 10.2 Å². The monoisotopic (exact) mass is 184 g/mol. The molecule has 0 bridgehead atoms. The Labute approximate surface area is 63.2 Å². The Kier molecular flexibility index (Phi) is 3.71. The van der Waals surface area contributed by atoms with Crippen molar-refractivity contribution in [1.82, 2.24) is 14.9 Å². The van der Waals surface area contributed by atoms with Crippen LogP contribution in [-0.4, -0.2) is 19.5 Å². The molecule has 1 aromatic heterocycles. The summed E-state index contributed by atoms with van der Waals surface area (Å²) in [7, 11) is -4.69. The summed E-state index contributed by atoms with van der Waals surface area (Å²) in [5, 5.41) is 6.82. The molecular formula is C2H5ClN4O4. The minimum atomic E-state index is -4.69. The van der Waals surface area contributed by atoms with Crippen molar-refractivity contribution in [2.75, 3.05) is 5.84 Å². The van der Waals surface area contributed by atoms with E-state index < -0.39 is 10.2 Å². The van der Waals surface area contributed by atoms with Crippen molar-refractivity contribution in [3.05, 3.63) is 12.7 Å². The lowest BCUT2D eigenvalue weighted by Gasteiger charge is -2.03. The van der Waals surface area contributed by atoms with Crippen molar-refractivity contribution in [3.8, 4) is 0 Å². The van der Waals surface area contributed by atoms with Crippen molar-refractivity contribution in [2.24, 2.45) is 0 Å². The summed E-state index contributed by atoms with van der Waals surface area (Å²) in [6, 6.07) is 0. The fraction of sp³-hybridized carbons (Fsp3) is 0. The highest BCUT2D eigenvalue weighted by Crippen LogP contribution is 1.62. The highest BCUT2D eigenvalue weighted by molar-refractivity contribution is 4.55. The van der Waals surface area contributed by atoms with Gasteiger partial charge in [0.25, 0.3) is 0 Å². The smallest absolute Gasteiger partial charge is 0.138 e. The molecular weight excluding hydrogens is 179 g/mol. The summed E-state index contributed by atoms with van der Waals surface area (Å²) in [5.41, 5.74) is 0. The Hall–Kier alpha value is -0.930. The number of halogens is 1. The molecule has 0 amide bonds. The lowest BCUT2D eigenvalue weighted by molar-refractivity contribution is -1.92. The average molecular weight is 185 g/mol. The van der Waals surface area contributed by atoms with Crippen LogP contribution >= 0.6 is 0 Å². The first-order valence-corrected chi connectivity index (χ1v) is 3.39. The molecule has 0 fully saturated rings. The van der Waals surface area contributed by atoms with Crippen LogP contribution in [-0.2, 0) is 0 Å². The second-order valence-electron chi connectivity index (χ2n) is 1.31.